The molecule has 1 heterocycles. The molecule has 11 heteroatoms. The average Bonchev–Trinajstić information content (AvgIpc) is 3.33. The summed E-state index contributed by atoms with van der Waals surface area (Å²) >= 11 is 1.54. The highest BCUT2D eigenvalue weighted by molar-refractivity contribution is 7.98. The first-order chi connectivity index (χ1) is 16.6. The van der Waals surface area contributed by atoms with Crippen LogP contribution in [0.4, 0.5) is 11.4 Å². The van der Waals surface area contributed by atoms with Gasteiger partial charge in [0.25, 0.3) is 11.6 Å². The van der Waals surface area contributed by atoms with Crippen LogP contribution in [0.3, 0.4) is 0 Å². The van der Waals surface area contributed by atoms with E-state index in [9.17, 15) is 19.7 Å². The van der Waals surface area contributed by atoms with Gasteiger partial charge in [0, 0.05) is 34.4 Å². The van der Waals surface area contributed by atoms with Gasteiger partial charge in [-0.2, -0.15) is 16.7 Å². The first-order valence-corrected chi connectivity index (χ1v) is 12.3. The third-order valence-electron chi connectivity index (χ3n) is 5.03. The van der Waals surface area contributed by atoms with Crippen molar-refractivity contribution in [1.29, 1.82) is 0 Å². The molecule has 1 aromatic heterocycles. The van der Waals surface area contributed by atoms with Crippen LogP contribution in [0, 0.1) is 10.1 Å². The maximum absolute atomic E-state index is 12.9. The summed E-state index contributed by atoms with van der Waals surface area (Å²) < 4.78 is 5.33. The SMILES string of the molecule is CSCCC(NC(=O)c1cccc([N+](=O)[O-])c1)C(=O)Nc1ccc(-c2noc(C(C)(C)C)n2)cc1. The predicted octanol–water partition coefficient (Wildman–Crippen LogP) is 4.43. The van der Waals surface area contributed by atoms with Gasteiger partial charge in [-0.3, -0.25) is 19.7 Å². The number of rotatable bonds is 9. The minimum atomic E-state index is -0.819. The van der Waals surface area contributed by atoms with Crippen LogP contribution < -0.4 is 10.6 Å². The van der Waals surface area contributed by atoms with E-state index < -0.39 is 16.9 Å². The summed E-state index contributed by atoms with van der Waals surface area (Å²) in [6, 6.07) is 11.5. The lowest BCUT2D eigenvalue weighted by Gasteiger charge is -2.18. The van der Waals surface area contributed by atoms with Gasteiger partial charge in [0.15, 0.2) is 0 Å². The van der Waals surface area contributed by atoms with E-state index in [1.165, 1.54) is 24.3 Å². The second-order valence-corrected chi connectivity index (χ2v) is 9.84. The lowest BCUT2D eigenvalue weighted by Crippen LogP contribution is -2.44. The fourth-order valence-electron chi connectivity index (χ4n) is 3.08. The highest BCUT2D eigenvalue weighted by Gasteiger charge is 2.24. The quantitative estimate of drug-likeness (QED) is 0.327. The van der Waals surface area contributed by atoms with Crippen molar-refractivity contribution in [3.05, 3.63) is 70.1 Å². The largest absolute Gasteiger partial charge is 0.340 e. The normalized spacial score (nSPS) is 12.1. The Balaban J connectivity index is 1.70. The van der Waals surface area contributed by atoms with Crippen molar-refractivity contribution in [2.75, 3.05) is 17.3 Å². The summed E-state index contributed by atoms with van der Waals surface area (Å²) in [6.07, 6.45) is 2.29. The van der Waals surface area contributed by atoms with Crippen LogP contribution in [-0.4, -0.2) is 44.9 Å². The van der Waals surface area contributed by atoms with E-state index in [0.29, 0.717) is 29.6 Å². The average molecular weight is 498 g/mol. The molecule has 0 aliphatic carbocycles. The zero-order valence-electron chi connectivity index (χ0n) is 19.9. The molecule has 0 fully saturated rings. The summed E-state index contributed by atoms with van der Waals surface area (Å²) in [5.74, 6) is 0.674. The molecule has 0 saturated heterocycles. The molecule has 1 atom stereocenters. The topological polar surface area (TPSA) is 140 Å². The van der Waals surface area contributed by atoms with Gasteiger partial charge < -0.3 is 15.2 Å². The smallest absolute Gasteiger partial charge is 0.270 e. The number of nitrogens with one attached hydrogen (secondary N) is 2. The molecule has 1 unspecified atom stereocenters. The molecule has 2 N–H and O–H groups in total. The summed E-state index contributed by atoms with van der Waals surface area (Å²) in [4.78, 5) is 40.5. The number of carbonyl (C=O) groups excluding carboxylic acids is 2. The number of non-ortho nitro benzene ring substituents is 1. The molecule has 2 aromatic carbocycles. The molecule has 3 rings (SSSR count). The van der Waals surface area contributed by atoms with Crippen molar-refractivity contribution in [3.63, 3.8) is 0 Å². The lowest BCUT2D eigenvalue weighted by atomic mass is 9.97. The van der Waals surface area contributed by atoms with Gasteiger partial charge in [-0.1, -0.05) is 32.0 Å². The molecule has 10 nitrogen and oxygen atoms in total. The zero-order chi connectivity index (χ0) is 25.6. The molecule has 35 heavy (non-hydrogen) atoms. The summed E-state index contributed by atoms with van der Waals surface area (Å²) in [6.45, 7) is 5.94. The van der Waals surface area contributed by atoms with Gasteiger partial charge >= 0.3 is 0 Å². The Morgan fingerprint density at radius 2 is 1.89 bits per heavy atom. The highest BCUT2D eigenvalue weighted by Crippen LogP contribution is 2.24. The number of nitro groups is 1. The van der Waals surface area contributed by atoms with Crippen LogP contribution in [0.2, 0.25) is 0 Å². The minimum absolute atomic E-state index is 0.111. The molecule has 3 aromatic rings. The summed E-state index contributed by atoms with van der Waals surface area (Å²) in [5.41, 5.74) is 0.927. The minimum Gasteiger partial charge on any atom is -0.340 e. The molecular formula is C24H27N5O5S. The van der Waals surface area contributed by atoms with Crippen LogP contribution in [0.1, 0.15) is 43.4 Å². The molecule has 0 spiro atoms. The van der Waals surface area contributed by atoms with E-state index in [0.717, 1.165) is 5.56 Å². The number of nitro benzene ring substituents is 1. The zero-order valence-corrected chi connectivity index (χ0v) is 20.7. The van der Waals surface area contributed by atoms with Crippen molar-refractivity contribution in [2.45, 2.75) is 38.6 Å². The van der Waals surface area contributed by atoms with Gasteiger partial charge in [0.2, 0.25) is 17.6 Å². The second kappa shape index (κ2) is 11.1. The molecule has 184 valence electrons. The van der Waals surface area contributed by atoms with Crippen LogP contribution >= 0.6 is 11.8 Å². The van der Waals surface area contributed by atoms with Gasteiger partial charge in [-0.05, 0) is 48.8 Å². The van der Waals surface area contributed by atoms with E-state index >= 15 is 0 Å². The molecule has 0 bridgehead atoms. The first kappa shape index (κ1) is 25.9. The number of carbonyl (C=O) groups is 2. The number of nitrogens with zero attached hydrogens (tertiary/aromatic N) is 3. The van der Waals surface area contributed by atoms with Crippen molar-refractivity contribution in [1.82, 2.24) is 15.5 Å². The monoisotopic (exact) mass is 497 g/mol. The van der Waals surface area contributed by atoms with E-state index in [2.05, 4.69) is 20.8 Å². The first-order valence-electron chi connectivity index (χ1n) is 10.9. The maximum Gasteiger partial charge on any atom is 0.270 e. The van der Waals surface area contributed by atoms with E-state index in [1.54, 1.807) is 36.0 Å². The molecule has 0 saturated carbocycles. The van der Waals surface area contributed by atoms with Crippen LogP contribution in [0.15, 0.2) is 53.1 Å². The molecular weight excluding hydrogens is 470 g/mol. The number of benzene rings is 2. The summed E-state index contributed by atoms with van der Waals surface area (Å²) in [7, 11) is 0. The molecule has 2 amide bonds. The van der Waals surface area contributed by atoms with Crippen molar-refractivity contribution in [2.24, 2.45) is 0 Å². The van der Waals surface area contributed by atoms with E-state index in [-0.39, 0.29) is 22.6 Å². The summed E-state index contributed by atoms with van der Waals surface area (Å²) in [5, 5.41) is 20.5. The lowest BCUT2D eigenvalue weighted by molar-refractivity contribution is -0.384. The molecule has 0 aliphatic rings. The third kappa shape index (κ3) is 6.89. The Morgan fingerprint density at radius 1 is 1.17 bits per heavy atom. The molecule has 0 aliphatic heterocycles. The fraction of sp³-hybridized carbons (Fsp3) is 0.333. The van der Waals surface area contributed by atoms with E-state index in [1.807, 2.05) is 27.0 Å². The number of thioether (sulfide) groups is 1. The van der Waals surface area contributed by atoms with Gasteiger partial charge in [-0.15, -0.1) is 0 Å². The number of hydrogen-bond acceptors (Lipinski definition) is 8. The maximum atomic E-state index is 12.9. The Kier molecular flexibility index (Phi) is 8.23. The number of amides is 2. The van der Waals surface area contributed by atoms with Crippen molar-refractivity contribution in [3.8, 4) is 11.4 Å². The Bertz CT molecular complexity index is 1200. The fourth-order valence-corrected chi connectivity index (χ4v) is 3.56. The van der Waals surface area contributed by atoms with Crippen LogP contribution in [0.25, 0.3) is 11.4 Å². The second-order valence-electron chi connectivity index (χ2n) is 8.85. The van der Waals surface area contributed by atoms with E-state index in [4.69, 9.17) is 4.52 Å². The Hall–Kier alpha value is -3.73. The van der Waals surface area contributed by atoms with Gasteiger partial charge in [-0.25, -0.2) is 0 Å². The number of hydrogen-bond donors (Lipinski definition) is 2. The van der Waals surface area contributed by atoms with Crippen LogP contribution in [-0.2, 0) is 10.2 Å². The number of aromatic nitrogens is 2. The Morgan fingerprint density at radius 3 is 2.49 bits per heavy atom. The number of anilines is 1. The van der Waals surface area contributed by atoms with Crippen molar-refractivity contribution < 1.29 is 19.0 Å². The standard InChI is InChI=1S/C24H27N5O5S/c1-24(2,3)23-27-20(28-34-23)15-8-10-17(11-9-15)25-22(31)19(12-13-35-4)26-21(30)16-6-5-7-18(14-16)29(32)33/h5-11,14,19H,12-13H2,1-4H3,(H,25,31)(H,26,30). The van der Waals surface area contributed by atoms with Crippen molar-refractivity contribution >= 4 is 35.0 Å². The highest BCUT2D eigenvalue weighted by atomic mass is 32.2. The Labute approximate surface area is 207 Å². The predicted molar refractivity (Wildman–Crippen MR) is 134 cm³/mol. The third-order valence-corrected chi connectivity index (χ3v) is 5.67. The van der Waals surface area contributed by atoms with Gasteiger partial charge in [0.1, 0.15) is 6.04 Å². The molecule has 0 radical (unpaired) electrons. The van der Waals surface area contributed by atoms with Gasteiger partial charge in [0.05, 0.1) is 4.92 Å². The van der Waals surface area contributed by atoms with Crippen LogP contribution in [0.5, 0.6) is 0 Å².